The van der Waals surface area contributed by atoms with Gasteiger partial charge in [-0.2, -0.15) is 0 Å². The molecule has 1 aromatic rings. The molecule has 0 aliphatic heterocycles. The van der Waals surface area contributed by atoms with Crippen LogP contribution in [0.3, 0.4) is 0 Å². The number of aliphatic imine (C=N–C) groups is 1. The van der Waals surface area contributed by atoms with Gasteiger partial charge in [-0.25, -0.2) is 8.42 Å². The number of ether oxygens (including phenoxy) is 2. The molecule has 8 nitrogen and oxygen atoms in total. The number of methoxy groups -OCH3 is 1. The van der Waals surface area contributed by atoms with E-state index in [2.05, 4.69) is 34.4 Å². The highest BCUT2D eigenvalue weighted by molar-refractivity contribution is 14.0. The number of benzene rings is 1. The number of halogens is 1. The van der Waals surface area contributed by atoms with Crippen molar-refractivity contribution >= 4 is 39.8 Å². The lowest BCUT2D eigenvalue weighted by atomic mass is 10.2. The van der Waals surface area contributed by atoms with Crippen LogP contribution in [0, 0.1) is 0 Å². The van der Waals surface area contributed by atoms with Crippen LogP contribution in [0.15, 0.2) is 23.2 Å². The molecular formula is C21H39IN4O4S. The maximum absolute atomic E-state index is 11.3. The molecule has 0 bridgehead atoms. The predicted molar refractivity (Wildman–Crippen MR) is 139 cm³/mol. The third kappa shape index (κ3) is 12.4. The number of rotatable bonds is 13. The molecule has 180 valence electrons. The molecule has 0 aliphatic rings. The monoisotopic (exact) mass is 570 g/mol. The minimum absolute atomic E-state index is 0. The summed E-state index contributed by atoms with van der Waals surface area (Å²) in [7, 11) is 0.347. The van der Waals surface area contributed by atoms with E-state index in [0.717, 1.165) is 30.9 Å². The summed E-state index contributed by atoms with van der Waals surface area (Å²) in [5, 5.41) is 6.46. The third-order valence-corrected chi connectivity index (χ3v) is 5.75. The number of hydrogen-bond donors (Lipinski definition) is 2. The van der Waals surface area contributed by atoms with Crippen LogP contribution in [-0.4, -0.2) is 77.7 Å². The number of nitrogens with zero attached hydrogens (tertiary/aromatic N) is 2. The van der Waals surface area contributed by atoms with Gasteiger partial charge in [-0.1, -0.05) is 19.9 Å². The largest absolute Gasteiger partial charge is 0.493 e. The van der Waals surface area contributed by atoms with E-state index in [4.69, 9.17) is 9.47 Å². The van der Waals surface area contributed by atoms with E-state index in [1.165, 1.54) is 6.26 Å². The first-order valence-electron chi connectivity index (χ1n) is 10.4. The average molecular weight is 571 g/mol. The van der Waals surface area contributed by atoms with Crippen molar-refractivity contribution in [1.82, 2.24) is 15.5 Å². The predicted octanol–water partition coefficient (Wildman–Crippen LogP) is 2.52. The van der Waals surface area contributed by atoms with E-state index in [0.29, 0.717) is 31.3 Å². The van der Waals surface area contributed by atoms with Gasteiger partial charge in [0.25, 0.3) is 0 Å². The van der Waals surface area contributed by atoms with Gasteiger partial charge in [-0.3, -0.25) is 4.99 Å². The molecule has 1 rings (SSSR count). The Labute approximate surface area is 205 Å². The molecule has 1 unspecified atom stereocenters. The Kier molecular flexibility index (Phi) is 14.9. The van der Waals surface area contributed by atoms with Crippen LogP contribution in [0.2, 0.25) is 0 Å². The van der Waals surface area contributed by atoms with Gasteiger partial charge in [0.05, 0.1) is 12.9 Å². The Morgan fingerprint density at radius 2 is 1.90 bits per heavy atom. The molecule has 1 aromatic carbocycles. The minimum Gasteiger partial charge on any atom is -0.493 e. The number of sulfone groups is 1. The second-order valence-corrected chi connectivity index (χ2v) is 9.51. The lowest BCUT2D eigenvalue weighted by Crippen LogP contribution is -2.42. The number of likely N-dealkylation sites (N-methyl/N-ethyl adjacent to an activating group) is 1. The molecule has 0 amide bonds. The van der Waals surface area contributed by atoms with Crippen LogP contribution in [0.25, 0.3) is 0 Å². The summed E-state index contributed by atoms with van der Waals surface area (Å²) in [4.78, 5) is 6.51. The van der Waals surface area contributed by atoms with Crippen molar-refractivity contribution in [3.05, 3.63) is 23.8 Å². The van der Waals surface area contributed by atoms with Crippen molar-refractivity contribution in [2.75, 3.05) is 52.4 Å². The molecule has 0 heterocycles. The standard InChI is InChI=1S/C21H38N4O4S.HI/c1-7-25(8-2)12-13-29-19-10-9-18(15-20(19)28-5)16-23-21(22-4)24-17(3)11-14-30(6,26)27;/h9-10,15,17H,7-8,11-14,16H2,1-6H3,(H2,22,23,24);1H. The van der Waals surface area contributed by atoms with Gasteiger partial charge in [-0.15, -0.1) is 24.0 Å². The van der Waals surface area contributed by atoms with Crippen LogP contribution in [-0.2, 0) is 16.4 Å². The number of hydrogen-bond acceptors (Lipinski definition) is 6. The molecule has 1 atom stereocenters. The maximum atomic E-state index is 11.3. The molecule has 2 N–H and O–H groups in total. The zero-order valence-electron chi connectivity index (χ0n) is 19.6. The second kappa shape index (κ2) is 15.5. The van der Waals surface area contributed by atoms with Crippen LogP contribution in [0.1, 0.15) is 32.8 Å². The molecule has 0 spiro atoms. The lowest BCUT2D eigenvalue weighted by Gasteiger charge is -2.19. The van der Waals surface area contributed by atoms with Gasteiger partial charge < -0.3 is 25.0 Å². The third-order valence-electron chi connectivity index (χ3n) is 4.78. The lowest BCUT2D eigenvalue weighted by molar-refractivity contribution is 0.217. The minimum atomic E-state index is -2.97. The van der Waals surface area contributed by atoms with E-state index in [9.17, 15) is 8.42 Å². The Morgan fingerprint density at radius 1 is 1.23 bits per heavy atom. The van der Waals surface area contributed by atoms with E-state index in [-0.39, 0.29) is 35.8 Å². The molecule has 10 heteroatoms. The summed E-state index contributed by atoms with van der Waals surface area (Å²) >= 11 is 0. The summed E-state index contributed by atoms with van der Waals surface area (Å²) in [5.74, 6) is 2.18. The first-order valence-corrected chi connectivity index (χ1v) is 12.4. The van der Waals surface area contributed by atoms with Crippen molar-refractivity contribution in [2.45, 2.75) is 39.8 Å². The summed E-state index contributed by atoms with van der Waals surface area (Å²) in [6.45, 7) is 10.3. The first-order chi connectivity index (χ1) is 14.2. The molecule has 31 heavy (non-hydrogen) atoms. The van der Waals surface area contributed by atoms with Gasteiger partial charge in [-0.05, 0) is 44.1 Å². The molecule has 0 radical (unpaired) electrons. The zero-order valence-corrected chi connectivity index (χ0v) is 22.7. The quantitative estimate of drug-likeness (QED) is 0.214. The summed E-state index contributed by atoms with van der Waals surface area (Å²) in [6, 6.07) is 5.84. The Balaban J connectivity index is 0.00000900. The summed E-state index contributed by atoms with van der Waals surface area (Å²) in [5.41, 5.74) is 1.02. The van der Waals surface area contributed by atoms with E-state index in [1.807, 2.05) is 25.1 Å². The van der Waals surface area contributed by atoms with Crippen LogP contribution in [0.5, 0.6) is 11.5 Å². The smallest absolute Gasteiger partial charge is 0.191 e. The molecule has 0 saturated heterocycles. The van der Waals surface area contributed by atoms with Crippen molar-refractivity contribution in [1.29, 1.82) is 0 Å². The average Bonchev–Trinajstić information content (AvgIpc) is 2.72. The highest BCUT2D eigenvalue weighted by atomic mass is 127. The molecule has 0 saturated carbocycles. The fourth-order valence-corrected chi connectivity index (χ4v) is 3.62. The summed E-state index contributed by atoms with van der Waals surface area (Å²) in [6.07, 6.45) is 1.77. The van der Waals surface area contributed by atoms with Crippen molar-refractivity contribution in [3.63, 3.8) is 0 Å². The zero-order chi connectivity index (χ0) is 22.6. The van der Waals surface area contributed by atoms with Crippen LogP contribution < -0.4 is 20.1 Å². The number of guanidine groups is 1. The maximum Gasteiger partial charge on any atom is 0.191 e. The van der Waals surface area contributed by atoms with Crippen molar-refractivity contribution in [3.8, 4) is 11.5 Å². The molecule has 0 aromatic heterocycles. The van der Waals surface area contributed by atoms with Crippen molar-refractivity contribution in [2.24, 2.45) is 4.99 Å². The molecule has 0 fully saturated rings. The van der Waals surface area contributed by atoms with Gasteiger partial charge in [0, 0.05) is 32.4 Å². The topological polar surface area (TPSA) is 92.3 Å². The fraction of sp³-hybridized carbons (Fsp3) is 0.667. The van der Waals surface area contributed by atoms with E-state index in [1.54, 1.807) is 14.2 Å². The highest BCUT2D eigenvalue weighted by Gasteiger charge is 2.11. The van der Waals surface area contributed by atoms with E-state index < -0.39 is 9.84 Å². The number of nitrogens with one attached hydrogen (secondary N) is 2. The van der Waals surface area contributed by atoms with Gasteiger partial charge in [0.15, 0.2) is 17.5 Å². The van der Waals surface area contributed by atoms with Crippen LogP contribution in [0.4, 0.5) is 0 Å². The second-order valence-electron chi connectivity index (χ2n) is 7.25. The van der Waals surface area contributed by atoms with Gasteiger partial charge in [0.1, 0.15) is 16.4 Å². The van der Waals surface area contributed by atoms with E-state index >= 15 is 0 Å². The Morgan fingerprint density at radius 3 is 2.45 bits per heavy atom. The fourth-order valence-electron chi connectivity index (χ4n) is 2.84. The Bertz CT molecular complexity index is 771. The van der Waals surface area contributed by atoms with Gasteiger partial charge >= 0.3 is 0 Å². The highest BCUT2D eigenvalue weighted by Crippen LogP contribution is 2.28. The first kappa shape index (κ1) is 29.7. The Hall–Kier alpha value is -1.27. The molecule has 0 aliphatic carbocycles. The van der Waals surface area contributed by atoms with Crippen LogP contribution >= 0.6 is 24.0 Å². The SMILES string of the molecule is CCN(CC)CCOc1ccc(CNC(=NC)NC(C)CCS(C)(=O)=O)cc1OC.I. The van der Waals surface area contributed by atoms with Crippen molar-refractivity contribution < 1.29 is 17.9 Å². The molecular weight excluding hydrogens is 531 g/mol. The van der Waals surface area contributed by atoms with Gasteiger partial charge in [0.2, 0.25) is 0 Å². The summed E-state index contributed by atoms with van der Waals surface area (Å²) < 4.78 is 34.0. The normalized spacial score (nSPS) is 12.8.